The number of hydrogen-bond donors (Lipinski definition) is 2. The number of nitrogens with one attached hydrogen (secondary N) is 1. The van der Waals surface area contributed by atoms with Crippen LogP contribution in [-0.4, -0.2) is 16.1 Å². The van der Waals surface area contributed by atoms with Crippen molar-refractivity contribution in [1.82, 2.24) is 10.3 Å². The number of nitrogens with zero attached hydrogens (tertiary/aromatic N) is 1. The summed E-state index contributed by atoms with van der Waals surface area (Å²) in [6, 6.07) is 3.45. The lowest BCUT2D eigenvalue weighted by Gasteiger charge is -2.28. The Bertz CT molecular complexity index is 425. The molecule has 4 nitrogen and oxygen atoms in total. The van der Waals surface area contributed by atoms with E-state index >= 15 is 0 Å². The van der Waals surface area contributed by atoms with Crippen molar-refractivity contribution in [2.45, 2.75) is 5.54 Å². The Balaban J connectivity index is 2.49. The number of aromatic nitrogens is 1. The molecule has 0 bridgehead atoms. The van der Waals surface area contributed by atoms with Crippen LogP contribution < -0.4 is 5.32 Å². The van der Waals surface area contributed by atoms with Crippen molar-refractivity contribution >= 4 is 5.97 Å². The number of aliphatic carboxylic acids is 1. The van der Waals surface area contributed by atoms with Gasteiger partial charge < -0.3 is 10.4 Å². The molecule has 76 valence electrons. The van der Waals surface area contributed by atoms with Gasteiger partial charge in [0.05, 0.1) is 0 Å². The summed E-state index contributed by atoms with van der Waals surface area (Å²) in [5.41, 5.74) is -0.582. The molecule has 0 amide bonds. The third-order valence-electron chi connectivity index (χ3n) is 2.32. The van der Waals surface area contributed by atoms with Gasteiger partial charge in [-0.1, -0.05) is 12.1 Å². The molecule has 0 saturated heterocycles. The highest BCUT2D eigenvalue weighted by atomic mass is 16.4. The highest BCUT2D eigenvalue weighted by molar-refractivity contribution is 5.84. The Morgan fingerprint density at radius 3 is 2.87 bits per heavy atom. The molecule has 1 aromatic heterocycles. The van der Waals surface area contributed by atoms with Crippen LogP contribution in [-0.2, 0) is 10.3 Å². The second kappa shape index (κ2) is 3.57. The van der Waals surface area contributed by atoms with E-state index in [0.29, 0.717) is 5.56 Å². The van der Waals surface area contributed by atoms with E-state index in [4.69, 9.17) is 0 Å². The molecule has 1 aromatic rings. The average Bonchev–Trinajstić information content (AvgIpc) is 2.31. The maximum absolute atomic E-state index is 11.3. The number of dihydropyridines is 1. The summed E-state index contributed by atoms with van der Waals surface area (Å²) >= 11 is 0. The number of carbonyl (C=O) groups is 1. The number of carboxylic acids is 1. The van der Waals surface area contributed by atoms with E-state index in [0.717, 1.165) is 0 Å². The zero-order valence-corrected chi connectivity index (χ0v) is 7.92. The number of allylic oxidation sites excluding steroid dienone is 2. The molecular formula is C11H10N2O2. The molecule has 0 spiro atoms. The molecule has 0 aromatic carbocycles. The van der Waals surface area contributed by atoms with Crippen LogP contribution in [0, 0.1) is 0 Å². The first-order valence-corrected chi connectivity index (χ1v) is 4.52. The van der Waals surface area contributed by atoms with Crippen molar-refractivity contribution in [3.8, 4) is 0 Å². The fraction of sp³-hybridized carbons (Fsp3) is 0.0909. The van der Waals surface area contributed by atoms with Gasteiger partial charge in [0.2, 0.25) is 0 Å². The molecule has 2 rings (SSSR count). The summed E-state index contributed by atoms with van der Waals surface area (Å²) in [4.78, 5) is 15.2. The van der Waals surface area contributed by atoms with Crippen LogP contribution in [0.15, 0.2) is 49.0 Å². The van der Waals surface area contributed by atoms with Gasteiger partial charge in [-0.3, -0.25) is 4.98 Å². The van der Waals surface area contributed by atoms with Gasteiger partial charge in [0.15, 0.2) is 5.54 Å². The van der Waals surface area contributed by atoms with Crippen molar-refractivity contribution in [2.75, 3.05) is 0 Å². The lowest BCUT2D eigenvalue weighted by atomic mass is 9.89. The number of rotatable bonds is 2. The summed E-state index contributed by atoms with van der Waals surface area (Å²) in [6.45, 7) is 0. The maximum atomic E-state index is 11.3. The zero-order chi connectivity index (χ0) is 10.7. The third-order valence-corrected chi connectivity index (χ3v) is 2.32. The molecule has 0 fully saturated rings. The molecule has 0 aliphatic carbocycles. The monoisotopic (exact) mass is 202 g/mol. The van der Waals surface area contributed by atoms with Gasteiger partial charge in [-0.05, 0) is 24.4 Å². The normalized spacial score (nSPS) is 23.5. The van der Waals surface area contributed by atoms with Crippen LogP contribution in [0.1, 0.15) is 5.56 Å². The van der Waals surface area contributed by atoms with Gasteiger partial charge in [-0.25, -0.2) is 4.79 Å². The van der Waals surface area contributed by atoms with Crippen molar-refractivity contribution in [3.63, 3.8) is 0 Å². The van der Waals surface area contributed by atoms with Crippen LogP contribution in [0.25, 0.3) is 0 Å². The number of carboxylic acid groups (broad SMARTS) is 1. The zero-order valence-electron chi connectivity index (χ0n) is 7.92. The lowest BCUT2D eigenvalue weighted by Crippen LogP contribution is -2.46. The minimum absolute atomic E-state index is 0.609. The topological polar surface area (TPSA) is 62.2 Å². The third kappa shape index (κ3) is 1.50. The summed E-state index contributed by atoms with van der Waals surface area (Å²) < 4.78 is 0. The highest BCUT2D eigenvalue weighted by Crippen LogP contribution is 2.24. The molecule has 4 heteroatoms. The number of hydrogen-bond acceptors (Lipinski definition) is 3. The first kappa shape index (κ1) is 9.45. The number of pyridine rings is 1. The van der Waals surface area contributed by atoms with Crippen molar-refractivity contribution < 1.29 is 9.90 Å². The molecule has 0 radical (unpaired) electrons. The van der Waals surface area contributed by atoms with Gasteiger partial charge in [0.1, 0.15) is 0 Å². The molecule has 2 N–H and O–H groups in total. The fourth-order valence-corrected chi connectivity index (χ4v) is 1.52. The molecule has 0 saturated carbocycles. The van der Waals surface area contributed by atoms with E-state index in [9.17, 15) is 9.90 Å². The Hall–Kier alpha value is -2.10. The van der Waals surface area contributed by atoms with Crippen molar-refractivity contribution in [2.24, 2.45) is 0 Å². The summed E-state index contributed by atoms with van der Waals surface area (Å²) in [5.74, 6) is -0.948. The average molecular weight is 202 g/mol. The van der Waals surface area contributed by atoms with E-state index < -0.39 is 11.5 Å². The maximum Gasteiger partial charge on any atom is 0.338 e. The van der Waals surface area contributed by atoms with Crippen LogP contribution in [0.3, 0.4) is 0 Å². The van der Waals surface area contributed by atoms with Crippen molar-refractivity contribution in [1.29, 1.82) is 0 Å². The molecule has 1 aliphatic heterocycles. The van der Waals surface area contributed by atoms with Crippen LogP contribution in [0.2, 0.25) is 0 Å². The first-order valence-electron chi connectivity index (χ1n) is 4.52. The van der Waals surface area contributed by atoms with Gasteiger partial charge in [0.25, 0.3) is 0 Å². The molecule has 1 aliphatic rings. The molecule has 1 unspecified atom stereocenters. The van der Waals surface area contributed by atoms with Gasteiger partial charge in [-0.2, -0.15) is 0 Å². The van der Waals surface area contributed by atoms with Gasteiger partial charge in [-0.15, -0.1) is 0 Å². The molecule has 15 heavy (non-hydrogen) atoms. The predicted octanol–water partition coefficient (Wildman–Crippen LogP) is 1.03. The van der Waals surface area contributed by atoms with Crippen LogP contribution in [0.4, 0.5) is 0 Å². The summed E-state index contributed by atoms with van der Waals surface area (Å²) in [5, 5.41) is 12.1. The Morgan fingerprint density at radius 2 is 2.33 bits per heavy atom. The van der Waals surface area contributed by atoms with E-state index in [2.05, 4.69) is 10.3 Å². The largest absolute Gasteiger partial charge is 0.479 e. The van der Waals surface area contributed by atoms with Crippen LogP contribution >= 0.6 is 0 Å². The van der Waals surface area contributed by atoms with Gasteiger partial charge in [0, 0.05) is 18.0 Å². The summed E-state index contributed by atoms with van der Waals surface area (Å²) in [7, 11) is 0. The van der Waals surface area contributed by atoms with Crippen LogP contribution in [0.5, 0.6) is 0 Å². The van der Waals surface area contributed by atoms with E-state index in [1.165, 1.54) is 0 Å². The first-order chi connectivity index (χ1) is 7.26. The SMILES string of the molecule is O=C(O)C1(c2cccnc2)C=CC=CN1. The summed E-state index contributed by atoms with van der Waals surface area (Å²) in [6.07, 6.45) is 9.83. The second-order valence-corrected chi connectivity index (χ2v) is 3.22. The van der Waals surface area contributed by atoms with E-state index in [-0.39, 0.29) is 0 Å². The lowest BCUT2D eigenvalue weighted by molar-refractivity contribution is -0.142. The minimum atomic E-state index is -1.19. The predicted molar refractivity (Wildman–Crippen MR) is 55.0 cm³/mol. The van der Waals surface area contributed by atoms with Crippen molar-refractivity contribution in [3.05, 3.63) is 54.5 Å². The van der Waals surface area contributed by atoms with E-state index in [1.54, 1.807) is 49.0 Å². The standard InChI is InChI=1S/C11H10N2O2/c14-10(15)11(5-1-2-7-13-11)9-4-3-6-12-8-9/h1-8,13H,(H,14,15). The second-order valence-electron chi connectivity index (χ2n) is 3.22. The Labute approximate surface area is 87.0 Å². The molecule has 1 atom stereocenters. The van der Waals surface area contributed by atoms with E-state index in [1.807, 2.05) is 0 Å². The molecular weight excluding hydrogens is 192 g/mol. The minimum Gasteiger partial charge on any atom is -0.479 e. The van der Waals surface area contributed by atoms with Gasteiger partial charge >= 0.3 is 5.97 Å². The Kier molecular flexibility index (Phi) is 2.25. The molecule has 2 heterocycles. The quantitative estimate of drug-likeness (QED) is 0.752. The smallest absolute Gasteiger partial charge is 0.338 e. The highest BCUT2D eigenvalue weighted by Gasteiger charge is 2.37. The Morgan fingerprint density at radius 1 is 1.47 bits per heavy atom. The fourth-order valence-electron chi connectivity index (χ4n) is 1.52.